The Kier molecular flexibility index (Phi) is 7.22. The number of halogens is 1. The maximum atomic E-state index is 13.5. The number of Topliss-reactive ketones (excluding diaryl/α,β-unsaturated/α-hetero) is 1. The van der Waals surface area contributed by atoms with E-state index in [4.69, 9.17) is 25.8 Å². The van der Waals surface area contributed by atoms with E-state index in [-0.39, 0.29) is 11.3 Å². The Balaban J connectivity index is 1.98. The normalized spacial score (nSPS) is 16.8. The summed E-state index contributed by atoms with van der Waals surface area (Å²) in [6.45, 7) is 4.06. The van der Waals surface area contributed by atoms with Crippen LogP contribution < -0.4 is 19.1 Å². The minimum Gasteiger partial charge on any atom is -0.507 e. The number of ketones is 1. The molecule has 1 atom stereocenters. The third-order valence-electron chi connectivity index (χ3n) is 6.08. The van der Waals surface area contributed by atoms with E-state index in [9.17, 15) is 14.7 Å². The molecule has 3 aromatic carbocycles. The van der Waals surface area contributed by atoms with E-state index < -0.39 is 17.7 Å². The molecule has 0 radical (unpaired) electrons. The van der Waals surface area contributed by atoms with Gasteiger partial charge in [0.25, 0.3) is 11.7 Å². The Morgan fingerprint density at radius 2 is 1.72 bits per heavy atom. The lowest BCUT2D eigenvalue weighted by Crippen LogP contribution is -2.30. The van der Waals surface area contributed by atoms with E-state index in [1.165, 1.54) is 19.1 Å². The van der Waals surface area contributed by atoms with Crippen molar-refractivity contribution in [3.63, 3.8) is 0 Å². The largest absolute Gasteiger partial charge is 0.507 e. The summed E-state index contributed by atoms with van der Waals surface area (Å²) in [7, 11) is 3.02. The topological polar surface area (TPSA) is 85.3 Å². The molecule has 1 saturated heterocycles. The number of carbonyl (C=O) groups is 2. The molecular formula is C28H26ClNO6. The van der Waals surface area contributed by atoms with Crippen LogP contribution in [0.25, 0.3) is 5.76 Å². The highest BCUT2D eigenvalue weighted by Crippen LogP contribution is 2.45. The molecule has 186 valence electrons. The summed E-state index contributed by atoms with van der Waals surface area (Å²) in [5, 5.41) is 11.8. The molecule has 7 nitrogen and oxygen atoms in total. The van der Waals surface area contributed by atoms with Crippen LogP contribution in [0, 0.1) is 6.92 Å². The minimum absolute atomic E-state index is 0.0553. The van der Waals surface area contributed by atoms with Gasteiger partial charge in [0.2, 0.25) is 0 Å². The smallest absolute Gasteiger partial charge is 0.300 e. The molecule has 0 spiro atoms. The Labute approximate surface area is 214 Å². The van der Waals surface area contributed by atoms with Crippen molar-refractivity contribution in [2.24, 2.45) is 0 Å². The second-order valence-electron chi connectivity index (χ2n) is 8.13. The lowest BCUT2D eigenvalue weighted by molar-refractivity contribution is -0.132. The first-order valence-corrected chi connectivity index (χ1v) is 11.7. The number of hydrogen-bond donors (Lipinski definition) is 1. The average molecular weight is 508 g/mol. The highest BCUT2D eigenvalue weighted by Gasteiger charge is 2.47. The number of carbonyl (C=O) groups excluding carboxylic acids is 2. The van der Waals surface area contributed by atoms with Crippen LogP contribution in [0.5, 0.6) is 17.2 Å². The molecule has 3 aromatic rings. The molecular weight excluding hydrogens is 482 g/mol. The fraction of sp³-hybridized carbons (Fsp3) is 0.214. The summed E-state index contributed by atoms with van der Waals surface area (Å²) >= 11 is 6.36. The molecule has 1 aliphatic heterocycles. The average Bonchev–Trinajstić information content (AvgIpc) is 3.15. The third kappa shape index (κ3) is 4.38. The summed E-state index contributed by atoms with van der Waals surface area (Å²) in [6, 6.07) is 16.0. The van der Waals surface area contributed by atoms with Gasteiger partial charge in [-0.1, -0.05) is 35.9 Å². The van der Waals surface area contributed by atoms with E-state index in [1.54, 1.807) is 67.6 Å². The maximum absolute atomic E-state index is 13.5. The zero-order chi connectivity index (χ0) is 26.0. The molecule has 0 bridgehead atoms. The van der Waals surface area contributed by atoms with Gasteiger partial charge >= 0.3 is 0 Å². The van der Waals surface area contributed by atoms with Crippen LogP contribution >= 0.6 is 11.6 Å². The molecule has 36 heavy (non-hydrogen) atoms. The van der Waals surface area contributed by atoms with Gasteiger partial charge in [-0.05, 0) is 61.4 Å². The number of benzene rings is 3. The number of amides is 1. The maximum Gasteiger partial charge on any atom is 0.300 e. The van der Waals surface area contributed by atoms with Crippen LogP contribution in [0.2, 0.25) is 5.02 Å². The molecule has 0 aromatic heterocycles. The van der Waals surface area contributed by atoms with Crippen LogP contribution in [0.3, 0.4) is 0 Å². The van der Waals surface area contributed by atoms with Crippen molar-refractivity contribution in [3.8, 4) is 17.2 Å². The lowest BCUT2D eigenvalue weighted by Gasteiger charge is -2.27. The molecule has 1 heterocycles. The van der Waals surface area contributed by atoms with Gasteiger partial charge in [0.05, 0.1) is 32.4 Å². The van der Waals surface area contributed by atoms with Crippen molar-refractivity contribution in [1.82, 2.24) is 0 Å². The fourth-order valence-corrected chi connectivity index (χ4v) is 4.50. The lowest BCUT2D eigenvalue weighted by atomic mass is 9.94. The van der Waals surface area contributed by atoms with Gasteiger partial charge in [-0.25, -0.2) is 0 Å². The molecule has 0 aliphatic carbocycles. The molecule has 1 fully saturated rings. The highest BCUT2D eigenvalue weighted by atomic mass is 35.5. The van der Waals surface area contributed by atoms with Gasteiger partial charge in [0, 0.05) is 16.3 Å². The van der Waals surface area contributed by atoms with Crippen molar-refractivity contribution >= 4 is 34.7 Å². The first-order valence-electron chi connectivity index (χ1n) is 11.3. The van der Waals surface area contributed by atoms with Crippen molar-refractivity contribution in [2.75, 3.05) is 25.7 Å². The first-order chi connectivity index (χ1) is 17.3. The van der Waals surface area contributed by atoms with E-state index in [0.717, 1.165) is 0 Å². The zero-order valence-corrected chi connectivity index (χ0v) is 21.1. The van der Waals surface area contributed by atoms with Crippen molar-refractivity contribution < 1.29 is 28.9 Å². The van der Waals surface area contributed by atoms with Crippen LogP contribution in [0.4, 0.5) is 5.69 Å². The molecule has 8 heteroatoms. The monoisotopic (exact) mass is 507 g/mol. The number of aliphatic hydroxyl groups excluding tert-OH is 1. The van der Waals surface area contributed by atoms with E-state index in [0.29, 0.717) is 51.3 Å². The summed E-state index contributed by atoms with van der Waals surface area (Å²) in [5.41, 5.74) is 1.94. The zero-order valence-electron chi connectivity index (χ0n) is 20.4. The fourth-order valence-electron chi connectivity index (χ4n) is 4.33. The molecule has 1 N–H and O–H groups in total. The molecule has 4 rings (SSSR count). The Bertz CT molecular complexity index is 1370. The second-order valence-corrected chi connectivity index (χ2v) is 8.54. The summed E-state index contributed by atoms with van der Waals surface area (Å²) in [5.74, 6) is -0.458. The van der Waals surface area contributed by atoms with Gasteiger partial charge in [0.15, 0.2) is 11.5 Å². The molecule has 0 saturated carbocycles. The SMILES string of the molecule is CCOc1cccc(/C(O)=C2\C(=O)C(=O)N(c3cccc(Cl)c3C)C2c2ccc(OC)c(OC)c2)c1. The number of hydrogen-bond acceptors (Lipinski definition) is 6. The van der Waals surface area contributed by atoms with E-state index in [1.807, 2.05) is 6.92 Å². The molecule has 1 amide bonds. The number of nitrogens with zero attached hydrogens (tertiary/aromatic N) is 1. The number of anilines is 1. The Morgan fingerprint density at radius 1 is 1.00 bits per heavy atom. The van der Waals surface area contributed by atoms with Gasteiger partial charge in [-0.15, -0.1) is 0 Å². The van der Waals surface area contributed by atoms with Crippen LogP contribution in [0.1, 0.15) is 29.7 Å². The molecule has 1 unspecified atom stereocenters. The number of aliphatic hydroxyl groups is 1. The van der Waals surface area contributed by atoms with Crippen molar-refractivity contribution in [2.45, 2.75) is 19.9 Å². The van der Waals surface area contributed by atoms with Crippen LogP contribution in [-0.2, 0) is 9.59 Å². The Hall–Kier alpha value is -3.97. The van der Waals surface area contributed by atoms with E-state index in [2.05, 4.69) is 0 Å². The molecule has 1 aliphatic rings. The standard InChI is InChI=1S/C28H26ClNO6/c1-5-36-19-9-6-8-18(14-19)26(31)24-25(17-12-13-22(34-3)23(15-17)35-4)30(28(33)27(24)32)21-11-7-10-20(29)16(21)2/h6-15,25,31H,5H2,1-4H3/b26-24+. The summed E-state index contributed by atoms with van der Waals surface area (Å²) < 4.78 is 16.4. The van der Waals surface area contributed by atoms with Crippen LogP contribution in [0.15, 0.2) is 66.2 Å². The number of methoxy groups -OCH3 is 2. The summed E-state index contributed by atoms with van der Waals surface area (Å²) in [6.07, 6.45) is 0. The minimum atomic E-state index is -0.947. The summed E-state index contributed by atoms with van der Waals surface area (Å²) in [4.78, 5) is 28.3. The first kappa shape index (κ1) is 25.1. The van der Waals surface area contributed by atoms with Crippen molar-refractivity contribution in [3.05, 3.63) is 87.9 Å². The van der Waals surface area contributed by atoms with Gasteiger partial charge in [-0.3, -0.25) is 14.5 Å². The Morgan fingerprint density at radius 3 is 2.42 bits per heavy atom. The van der Waals surface area contributed by atoms with Gasteiger partial charge in [0.1, 0.15) is 11.5 Å². The van der Waals surface area contributed by atoms with E-state index >= 15 is 0 Å². The quantitative estimate of drug-likeness (QED) is 0.251. The number of rotatable bonds is 7. The van der Waals surface area contributed by atoms with Gasteiger partial charge in [-0.2, -0.15) is 0 Å². The highest BCUT2D eigenvalue weighted by molar-refractivity contribution is 6.52. The number of ether oxygens (including phenoxy) is 3. The van der Waals surface area contributed by atoms with Gasteiger partial charge < -0.3 is 19.3 Å². The predicted molar refractivity (Wildman–Crippen MR) is 138 cm³/mol. The second kappa shape index (κ2) is 10.3. The predicted octanol–water partition coefficient (Wildman–Crippen LogP) is 5.69. The third-order valence-corrected chi connectivity index (χ3v) is 6.49. The van der Waals surface area contributed by atoms with Crippen molar-refractivity contribution in [1.29, 1.82) is 0 Å². The van der Waals surface area contributed by atoms with Crippen LogP contribution in [-0.4, -0.2) is 37.6 Å².